The first-order chi connectivity index (χ1) is 11.5. The van der Waals surface area contributed by atoms with E-state index in [1.165, 1.54) is 18.3 Å². The number of nitrogens with one attached hydrogen (secondary N) is 1. The molecular weight excluding hydrogens is 318 g/mol. The van der Waals surface area contributed by atoms with Crippen molar-refractivity contribution in [2.75, 3.05) is 6.61 Å². The van der Waals surface area contributed by atoms with Crippen LogP contribution in [0.15, 0.2) is 35.4 Å². The number of nitro groups is 1. The van der Waals surface area contributed by atoms with Crippen LogP contribution >= 0.6 is 0 Å². The molecule has 0 atom stereocenters. The predicted octanol–water partition coefficient (Wildman–Crippen LogP) is 1.29. The standard InChI is InChI=1S/C15H11N3O6/c1-2-24-15(20)10-7-16-12-9(14(10)19)4-3-8-11(18(22)23)5-6-17(21)13(8)12/h3-7H,2H2,1H3,(H-,16,19,20,21)/p+1. The van der Waals surface area contributed by atoms with Gasteiger partial charge in [-0.15, -0.1) is 0 Å². The van der Waals surface area contributed by atoms with E-state index in [1.54, 1.807) is 6.92 Å². The number of hydrogen-bond donors (Lipinski definition) is 2. The summed E-state index contributed by atoms with van der Waals surface area (Å²) in [5.74, 6) is -0.767. The van der Waals surface area contributed by atoms with Crippen LogP contribution in [0.5, 0.6) is 0 Å². The number of pyridine rings is 2. The second kappa shape index (κ2) is 5.61. The van der Waals surface area contributed by atoms with E-state index in [1.807, 2.05) is 0 Å². The minimum Gasteiger partial charge on any atom is -0.462 e. The number of ether oxygens (including phenoxy) is 1. The summed E-state index contributed by atoms with van der Waals surface area (Å²) in [6.45, 7) is 1.74. The van der Waals surface area contributed by atoms with Crippen molar-refractivity contribution in [3.05, 3.63) is 56.5 Å². The van der Waals surface area contributed by atoms with Gasteiger partial charge < -0.3 is 9.72 Å². The van der Waals surface area contributed by atoms with Gasteiger partial charge in [0.15, 0.2) is 0 Å². The lowest BCUT2D eigenvalue weighted by Gasteiger charge is -2.04. The van der Waals surface area contributed by atoms with Crippen LogP contribution in [0.2, 0.25) is 0 Å². The van der Waals surface area contributed by atoms with Crippen LogP contribution in [-0.4, -0.2) is 27.7 Å². The van der Waals surface area contributed by atoms with Gasteiger partial charge >= 0.3 is 5.97 Å². The molecule has 0 amide bonds. The maximum Gasteiger partial charge on any atom is 0.343 e. The number of rotatable bonds is 3. The second-order valence-electron chi connectivity index (χ2n) is 4.94. The van der Waals surface area contributed by atoms with Crippen molar-refractivity contribution in [2.24, 2.45) is 0 Å². The van der Waals surface area contributed by atoms with Crippen molar-refractivity contribution >= 4 is 33.5 Å². The van der Waals surface area contributed by atoms with Gasteiger partial charge in [-0.25, -0.2) is 4.79 Å². The summed E-state index contributed by atoms with van der Waals surface area (Å²) in [5.41, 5.74) is -0.743. The van der Waals surface area contributed by atoms with Crippen LogP contribution < -0.4 is 10.2 Å². The molecule has 0 fully saturated rings. The molecule has 2 heterocycles. The van der Waals surface area contributed by atoms with Gasteiger partial charge in [0.05, 0.1) is 23.0 Å². The van der Waals surface area contributed by atoms with Crippen molar-refractivity contribution in [1.29, 1.82) is 0 Å². The Hall–Kier alpha value is -3.49. The molecule has 0 bridgehead atoms. The molecule has 9 nitrogen and oxygen atoms in total. The molecule has 0 unspecified atom stereocenters. The summed E-state index contributed by atoms with van der Waals surface area (Å²) in [5, 5.41) is 21.4. The monoisotopic (exact) mass is 330 g/mol. The van der Waals surface area contributed by atoms with Crippen molar-refractivity contribution in [2.45, 2.75) is 6.92 Å². The first kappa shape index (κ1) is 15.4. The van der Waals surface area contributed by atoms with E-state index in [-0.39, 0.29) is 39.7 Å². The highest BCUT2D eigenvalue weighted by Crippen LogP contribution is 2.26. The van der Waals surface area contributed by atoms with Crippen LogP contribution in [0.3, 0.4) is 0 Å². The Morgan fingerprint density at radius 3 is 2.75 bits per heavy atom. The second-order valence-corrected chi connectivity index (χ2v) is 4.94. The van der Waals surface area contributed by atoms with Crippen molar-refractivity contribution in [1.82, 2.24) is 4.98 Å². The third-order valence-electron chi connectivity index (χ3n) is 3.60. The van der Waals surface area contributed by atoms with E-state index < -0.39 is 16.3 Å². The minimum atomic E-state index is -0.767. The Labute approximate surface area is 133 Å². The molecule has 24 heavy (non-hydrogen) atoms. The van der Waals surface area contributed by atoms with Gasteiger partial charge in [0.25, 0.3) is 11.2 Å². The first-order valence-electron chi connectivity index (χ1n) is 6.99. The number of hydrogen-bond acceptors (Lipinski definition) is 6. The lowest BCUT2D eigenvalue weighted by Crippen LogP contribution is -2.31. The molecule has 0 spiro atoms. The molecule has 0 radical (unpaired) electrons. The van der Waals surface area contributed by atoms with Crippen LogP contribution in [-0.2, 0) is 4.74 Å². The van der Waals surface area contributed by atoms with E-state index in [2.05, 4.69) is 4.98 Å². The van der Waals surface area contributed by atoms with Crippen LogP contribution in [0.25, 0.3) is 21.8 Å². The number of aromatic nitrogens is 2. The molecule has 1 aromatic carbocycles. The summed E-state index contributed by atoms with van der Waals surface area (Å²) in [6.07, 6.45) is 2.28. The van der Waals surface area contributed by atoms with Gasteiger partial charge in [-0.1, -0.05) is 0 Å². The third-order valence-corrected chi connectivity index (χ3v) is 3.60. The fourth-order valence-corrected chi connectivity index (χ4v) is 2.55. The molecule has 2 aromatic heterocycles. The first-order valence-corrected chi connectivity index (χ1v) is 6.99. The van der Waals surface area contributed by atoms with Gasteiger partial charge in [0.1, 0.15) is 16.5 Å². The quantitative estimate of drug-likeness (QED) is 0.186. The fourth-order valence-electron chi connectivity index (χ4n) is 2.55. The van der Waals surface area contributed by atoms with Gasteiger partial charge in [-0.2, -0.15) is 0 Å². The lowest BCUT2D eigenvalue weighted by atomic mass is 10.1. The Kier molecular flexibility index (Phi) is 3.60. The molecule has 0 aliphatic rings. The number of aromatic amines is 1. The van der Waals surface area contributed by atoms with Gasteiger partial charge in [-0.3, -0.25) is 20.1 Å². The molecule has 9 heteroatoms. The number of carbonyl (C=O) groups is 1. The van der Waals surface area contributed by atoms with E-state index in [0.29, 0.717) is 4.73 Å². The number of esters is 1. The minimum absolute atomic E-state index is 0.0641. The average molecular weight is 330 g/mol. The van der Waals surface area contributed by atoms with Crippen LogP contribution in [0.1, 0.15) is 17.3 Å². The highest BCUT2D eigenvalue weighted by Gasteiger charge is 2.25. The zero-order valence-corrected chi connectivity index (χ0v) is 12.5. The van der Waals surface area contributed by atoms with Crippen molar-refractivity contribution in [3.8, 4) is 0 Å². The molecule has 0 saturated heterocycles. The van der Waals surface area contributed by atoms with Gasteiger partial charge in [0.2, 0.25) is 11.6 Å². The molecule has 3 aromatic rings. The zero-order valence-electron chi connectivity index (χ0n) is 12.5. The van der Waals surface area contributed by atoms with Crippen molar-refractivity contribution in [3.63, 3.8) is 0 Å². The number of nitrogens with zero attached hydrogens (tertiary/aromatic N) is 2. The highest BCUT2D eigenvalue weighted by atomic mass is 16.6. The van der Waals surface area contributed by atoms with E-state index >= 15 is 0 Å². The molecule has 0 saturated carbocycles. The van der Waals surface area contributed by atoms with Crippen LogP contribution in [0, 0.1) is 10.1 Å². The SMILES string of the molecule is CCOC(=O)c1c[nH]c2c(ccc3c([N+](=O)[O-])cc[n+](O)c32)c1=O. The number of carbonyl (C=O) groups excluding carboxylic acids is 1. The fraction of sp³-hybridized carbons (Fsp3) is 0.133. The Morgan fingerprint density at radius 1 is 1.38 bits per heavy atom. The Balaban J connectivity index is 2.40. The summed E-state index contributed by atoms with van der Waals surface area (Å²) in [7, 11) is 0. The smallest absolute Gasteiger partial charge is 0.343 e. The predicted molar refractivity (Wildman–Crippen MR) is 82.1 cm³/mol. The summed E-state index contributed by atoms with van der Waals surface area (Å²) >= 11 is 0. The largest absolute Gasteiger partial charge is 0.462 e. The van der Waals surface area contributed by atoms with Gasteiger partial charge in [-0.05, 0) is 19.1 Å². The van der Waals surface area contributed by atoms with E-state index in [0.717, 1.165) is 12.3 Å². The Morgan fingerprint density at radius 2 is 2.08 bits per heavy atom. The number of fused-ring (bicyclic) bond motifs is 3. The maximum absolute atomic E-state index is 12.5. The summed E-state index contributed by atoms with van der Waals surface area (Å²) in [6, 6.07) is 3.87. The topological polar surface area (TPSA) is 126 Å². The molecule has 122 valence electrons. The molecule has 3 rings (SSSR count). The van der Waals surface area contributed by atoms with Crippen molar-refractivity contribution < 1.29 is 24.4 Å². The zero-order chi connectivity index (χ0) is 17.4. The average Bonchev–Trinajstić information content (AvgIpc) is 2.54. The normalized spacial score (nSPS) is 10.9. The molecular formula is C15H12N3O6+. The lowest BCUT2D eigenvalue weighted by molar-refractivity contribution is -0.884. The number of H-pyrrole nitrogens is 1. The summed E-state index contributed by atoms with van der Waals surface area (Å²) in [4.78, 5) is 37.6. The van der Waals surface area contributed by atoms with E-state index in [4.69, 9.17) is 4.74 Å². The highest BCUT2D eigenvalue weighted by molar-refractivity contribution is 6.05. The van der Waals surface area contributed by atoms with Crippen LogP contribution in [0.4, 0.5) is 5.69 Å². The summed E-state index contributed by atoms with van der Waals surface area (Å²) < 4.78 is 5.50. The third kappa shape index (κ3) is 2.22. The van der Waals surface area contributed by atoms with Gasteiger partial charge in [0, 0.05) is 10.9 Å². The maximum atomic E-state index is 12.5. The van der Waals surface area contributed by atoms with E-state index in [9.17, 15) is 24.9 Å². The molecule has 0 aliphatic heterocycles. The number of benzene rings is 1. The Bertz CT molecular complexity index is 1060. The molecule has 2 N–H and O–H groups in total. The molecule has 0 aliphatic carbocycles.